The normalized spacial score (nSPS) is 10.2. The first-order valence-corrected chi connectivity index (χ1v) is 6.01. The molecule has 0 saturated carbocycles. The number of H-pyrrole nitrogens is 1. The summed E-state index contributed by atoms with van der Waals surface area (Å²) in [6.45, 7) is 0.205. The molecule has 1 aromatic heterocycles. The number of urea groups is 1. The van der Waals surface area contributed by atoms with Crippen molar-refractivity contribution in [3.05, 3.63) is 47.8 Å². The third kappa shape index (κ3) is 3.35. The predicted molar refractivity (Wildman–Crippen MR) is 72.4 cm³/mol. The van der Waals surface area contributed by atoms with E-state index < -0.39 is 23.4 Å². The van der Waals surface area contributed by atoms with Crippen molar-refractivity contribution in [2.24, 2.45) is 0 Å². The van der Waals surface area contributed by atoms with Gasteiger partial charge in [-0.05, 0) is 12.1 Å². The van der Waals surface area contributed by atoms with E-state index in [1.54, 1.807) is 12.4 Å². The Kier molecular flexibility index (Phi) is 4.17. The van der Waals surface area contributed by atoms with E-state index >= 15 is 0 Å². The molecule has 0 atom stereocenters. The van der Waals surface area contributed by atoms with Crippen LogP contribution in [0, 0.1) is 5.82 Å². The number of nitrogens with one attached hydrogen (secondary N) is 2. The number of hydrogen-bond acceptors (Lipinski definition) is 3. The van der Waals surface area contributed by atoms with Gasteiger partial charge in [-0.25, -0.2) is 19.0 Å². The van der Waals surface area contributed by atoms with E-state index in [1.165, 1.54) is 24.1 Å². The summed E-state index contributed by atoms with van der Waals surface area (Å²) in [6.07, 6.45) is 3.17. The fourth-order valence-electron chi connectivity index (χ4n) is 1.74. The van der Waals surface area contributed by atoms with Crippen LogP contribution in [-0.2, 0) is 6.54 Å². The van der Waals surface area contributed by atoms with E-state index in [0.717, 1.165) is 6.07 Å². The number of aromatic nitrogens is 2. The number of aromatic carboxylic acids is 1. The molecule has 2 amide bonds. The average molecular weight is 292 g/mol. The van der Waals surface area contributed by atoms with Crippen LogP contribution in [0.3, 0.4) is 0 Å². The molecule has 0 unspecified atom stereocenters. The van der Waals surface area contributed by atoms with E-state index in [4.69, 9.17) is 5.11 Å². The molecule has 0 fully saturated rings. The van der Waals surface area contributed by atoms with Crippen LogP contribution in [0.15, 0.2) is 30.6 Å². The van der Waals surface area contributed by atoms with Gasteiger partial charge in [-0.3, -0.25) is 0 Å². The summed E-state index contributed by atoms with van der Waals surface area (Å²) in [7, 11) is 1.51. The number of benzene rings is 1. The zero-order valence-corrected chi connectivity index (χ0v) is 11.1. The number of carbonyl (C=O) groups excluding carboxylic acids is 1. The minimum absolute atomic E-state index is 0.0983. The van der Waals surface area contributed by atoms with Crippen molar-refractivity contribution in [1.29, 1.82) is 0 Å². The van der Waals surface area contributed by atoms with Crippen molar-refractivity contribution < 1.29 is 19.1 Å². The van der Waals surface area contributed by atoms with Gasteiger partial charge in [0, 0.05) is 19.4 Å². The smallest absolute Gasteiger partial charge is 0.340 e. The average Bonchev–Trinajstić information content (AvgIpc) is 2.91. The molecule has 2 rings (SSSR count). The van der Waals surface area contributed by atoms with Crippen LogP contribution in [0.4, 0.5) is 14.9 Å². The molecule has 2 aromatic rings. The molecule has 110 valence electrons. The van der Waals surface area contributed by atoms with Gasteiger partial charge in [0.15, 0.2) is 0 Å². The Labute approximate surface area is 119 Å². The standard InChI is InChI=1S/C13H13FN4O3/c1-18(7-10-15-5-6-16-10)13(21)17-9-4-2-3-8(14)11(9)12(19)20/h2-6H,7H2,1H3,(H,15,16)(H,17,21)(H,19,20). The second kappa shape index (κ2) is 6.04. The van der Waals surface area contributed by atoms with Crippen molar-refractivity contribution in [1.82, 2.24) is 14.9 Å². The van der Waals surface area contributed by atoms with Crippen LogP contribution in [-0.4, -0.2) is 39.0 Å². The summed E-state index contributed by atoms with van der Waals surface area (Å²) in [6, 6.07) is 3.10. The Hall–Kier alpha value is -2.90. The highest BCUT2D eigenvalue weighted by Crippen LogP contribution is 2.19. The molecule has 1 heterocycles. The molecule has 0 spiro atoms. The third-order valence-electron chi connectivity index (χ3n) is 2.76. The molecule has 8 heteroatoms. The van der Waals surface area contributed by atoms with Crippen LogP contribution in [0.5, 0.6) is 0 Å². The monoisotopic (exact) mass is 292 g/mol. The number of hydrogen-bond donors (Lipinski definition) is 3. The molecule has 0 aliphatic carbocycles. The largest absolute Gasteiger partial charge is 0.478 e. The maximum Gasteiger partial charge on any atom is 0.340 e. The quantitative estimate of drug-likeness (QED) is 0.801. The Bertz CT molecular complexity index is 657. The van der Waals surface area contributed by atoms with E-state index in [0.29, 0.717) is 5.82 Å². The van der Waals surface area contributed by atoms with Crippen LogP contribution >= 0.6 is 0 Å². The highest BCUT2D eigenvalue weighted by molar-refractivity contribution is 6.00. The molecule has 0 aliphatic heterocycles. The Balaban J connectivity index is 2.12. The van der Waals surface area contributed by atoms with E-state index in [2.05, 4.69) is 15.3 Å². The second-order valence-electron chi connectivity index (χ2n) is 4.29. The lowest BCUT2D eigenvalue weighted by molar-refractivity contribution is 0.0693. The lowest BCUT2D eigenvalue weighted by Gasteiger charge is -2.17. The molecule has 21 heavy (non-hydrogen) atoms. The van der Waals surface area contributed by atoms with Gasteiger partial charge in [0.1, 0.15) is 17.2 Å². The van der Waals surface area contributed by atoms with Gasteiger partial charge in [0.2, 0.25) is 0 Å². The van der Waals surface area contributed by atoms with Crippen molar-refractivity contribution in [2.45, 2.75) is 6.54 Å². The number of imidazole rings is 1. The molecular formula is C13H13FN4O3. The minimum atomic E-state index is -1.45. The van der Waals surface area contributed by atoms with Crippen LogP contribution in [0.2, 0.25) is 0 Å². The van der Waals surface area contributed by atoms with Crippen LogP contribution < -0.4 is 5.32 Å². The lowest BCUT2D eigenvalue weighted by atomic mass is 10.1. The highest BCUT2D eigenvalue weighted by Gasteiger charge is 2.19. The minimum Gasteiger partial charge on any atom is -0.478 e. The van der Waals surface area contributed by atoms with E-state index in [9.17, 15) is 14.0 Å². The second-order valence-corrected chi connectivity index (χ2v) is 4.29. The van der Waals surface area contributed by atoms with Crippen molar-refractivity contribution in [3.63, 3.8) is 0 Å². The number of rotatable bonds is 4. The molecule has 3 N–H and O–H groups in total. The third-order valence-corrected chi connectivity index (χ3v) is 2.76. The number of aromatic amines is 1. The van der Waals surface area contributed by atoms with E-state index in [1.807, 2.05) is 0 Å². The molecule has 0 aliphatic rings. The Morgan fingerprint density at radius 1 is 1.48 bits per heavy atom. The zero-order valence-electron chi connectivity index (χ0n) is 11.1. The molecular weight excluding hydrogens is 279 g/mol. The fraction of sp³-hybridized carbons (Fsp3) is 0.154. The summed E-state index contributed by atoms with van der Waals surface area (Å²) < 4.78 is 13.5. The Morgan fingerprint density at radius 3 is 2.86 bits per heavy atom. The fourth-order valence-corrected chi connectivity index (χ4v) is 1.74. The van der Waals surface area contributed by atoms with Gasteiger partial charge in [-0.15, -0.1) is 0 Å². The number of carboxylic acids is 1. The van der Waals surface area contributed by atoms with Gasteiger partial charge in [0.25, 0.3) is 0 Å². The van der Waals surface area contributed by atoms with Gasteiger partial charge in [-0.2, -0.15) is 0 Å². The molecule has 0 bridgehead atoms. The summed E-state index contributed by atoms with van der Waals surface area (Å²) in [5.74, 6) is -1.78. The first-order valence-electron chi connectivity index (χ1n) is 6.01. The number of carboxylic acid groups (broad SMARTS) is 1. The van der Waals surface area contributed by atoms with Crippen LogP contribution in [0.1, 0.15) is 16.2 Å². The predicted octanol–water partition coefficient (Wildman–Crippen LogP) is 1.91. The van der Waals surface area contributed by atoms with Gasteiger partial charge in [-0.1, -0.05) is 6.07 Å². The van der Waals surface area contributed by atoms with Gasteiger partial charge in [0.05, 0.1) is 12.2 Å². The van der Waals surface area contributed by atoms with Crippen LogP contribution in [0.25, 0.3) is 0 Å². The zero-order chi connectivity index (χ0) is 15.4. The maximum absolute atomic E-state index is 13.5. The van der Waals surface area contributed by atoms with E-state index in [-0.39, 0.29) is 12.2 Å². The summed E-state index contributed by atoms with van der Waals surface area (Å²) in [4.78, 5) is 31.1. The topological polar surface area (TPSA) is 98.3 Å². The van der Waals surface area contributed by atoms with Gasteiger partial charge < -0.3 is 20.3 Å². The number of nitrogens with zero attached hydrogens (tertiary/aromatic N) is 2. The maximum atomic E-state index is 13.5. The SMILES string of the molecule is CN(Cc1ncc[nH]1)C(=O)Nc1cccc(F)c1C(=O)O. The number of halogens is 1. The van der Waals surface area contributed by atoms with Gasteiger partial charge >= 0.3 is 12.0 Å². The summed E-state index contributed by atoms with van der Waals surface area (Å²) in [5, 5.41) is 11.4. The lowest BCUT2D eigenvalue weighted by Crippen LogP contribution is -2.31. The first-order chi connectivity index (χ1) is 9.99. The Morgan fingerprint density at radius 2 is 2.24 bits per heavy atom. The number of carbonyl (C=O) groups is 2. The summed E-state index contributed by atoms with van der Waals surface area (Å²) >= 11 is 0. The molecule has 0 radical (unpaired) electrons. The first kappa shape index (κ1) is 14.5. The van der Waals surface area contributed by atoms with Crippen molar-refractivity contribution >= 4 is 17.7 Å². The molecule has 0 saturated heterocycles. The molecule has 7 nitrogen and oxygen atoms in total. The van der Waals surface area contributed by atoms with Crippen molar-refractivity contribution in [2.75, 3.05) is 12.4 Å². The summed E-state index contributed by atoms with van der Waals surface area (Å²) in [5.41, 5.74) is -0.670. The number of amides is 2. The highest BCUT2D eigenvalue weighted by atomic mass is 19.1. The number of anilines is 1. The molecule has 1 aromatic carbocycles. The van der Waals surface area contributed by atoms with Crippen molar-refractivity contribution in [3.8, 4) is 0 Å².